The van der Waals surface area contributed by atoms with Crippen LogP contribution in [0.15, 0.2) is 36.3 Å². The number of imidazole rings is 1. The topological polar surface area (TPSA) is 87.5 Å². The Hall–Kier alpha value is -2.67. The van der Waals surface area contributed by atoms with Crippen LogP contribution < -0.4 is 5.32 Å². The largest absolute Gasteiger partial charge is 0.395 e. The van der Waals surface area contributed by atoms with Gasteiger partial charge in [-0.25, -0.2) is 4.98 Å². The number of nitrogens with one attached hydrogen (secondary N) is 1. The van der Waals surface area contributed by atoms with E-state index < -0.39 is 11.8 Å². The van der Waals surface area contributed by atoms with Gasteiger partial charge in [0.1, 0.15) is 5.70 Å². The van der Waals surface area contributed by atoms with Crippen molar-refractivity contribution in [2.24, 2.45) is 0 Å². The first-order chi connectivity index (χ1) is 12.7. The lowest BCUT2D eigenvalue weighted by Gasteiger charge is -2.23. The second kappa shape index (κ2) is 6.92. The minimum Gasteiger partial charge on any atom is -0.395 e. The molecule has 2 heterocycles. The molecular formula is C19H22N4O3. The molecule has 1 aromatic heterocycles. The van der Waals surface area contributed by atoms with E-state index >= 15 is 0 Å². The van der Waals surface area contributed by atoms with E-state index in [0.29, 0.717) is 11.7 Å². The molecule has 1 aliphatic carbocycles. The van der Waals surface area contributed by atoms with Crippen LogP contribution in [0.2, 0.25) is 0 Å². The van der Waals surface area contributed by atoms with E-state index in [0.717, 1.165) is 15.9 Å². The first-order valence-electron chi connectivity index (χ1n) is 9.09. The summed E-state index contributed by atoms with van der Waals surface area (Å²) >= 11 is 0. The van der Waals surface area contributed by atoms with Crippen molar-refractivity contribution in [3.05, 3.63) is 36.3 Å². The van der Waals surface area contributed by atoms with E-state index in [1.54, 1.807) is 0 Å². The molecular weight excluding hydrogens is 332 g/mol. The maximum absolute atomic E-state index is 12.2. The molecule has 1 fully saturated rings. The molecule has 136 valence electrons. The zero-order valence-electron chi connectivity index (χ0n) is 14.5. The molecule has 1 saturated carbocycles. The van der Waals surface area contributed by atoms with E-state index in [-0.39, 0.29) is 18.8 Å². The molecule has 7 heteroatoms. The van der Waals surface area contributed by atoms with Gasteiger partial charge in [0, 0.05) is 17.8 Å². The second-order valence-corrected chi connectivity index (χ2v) is 6.85. The normalized spacial score (nSPS) is 18.7. The number of aromatic nitrogens is 2. The van der Waals surface area contributed by atoms with Crippen molar-refractivity contribution in [1.82, 2.24) is 14.5 Å². The lowest BCUT2D eigenvalue weighted by Crippen LogP contribution is -2.34. The van der Waals surface area contributed by atoms with Crippen molar-refractivity contribution in [2.45, 2.75) is 38.1 Å². The minimum absolute atomic E-state index is 0.00414. The summed E-state index contributed by atoms with van der Waals surface area (Å²) in [4.78, 5) is 29.6. The van der Waals surface area contributed by atoms with Gasteiger partial charge in [-0.3, -0.25) is 14.5 Å². The summed E-state index contributed by atoms with van der Waals surface area (Å²) in [6.07, 6.45) is 9.38. The summed E-state index contributed by atoms with van der Waals surface area (Å²) in [6.45, 7) is -0.243. The average Bonchev–Trinajstić information content (AvgIpc) is 3.19. The Labute approximate surface area is 151 Å². The molecule has 0 spiro atoms. The number of β-amino-alcohol motifs (C(OH)–C–C–N with tert-alkyl or cyclic N) is 1. The third-order valence-corrected chi connectivity index (χ3v) is 5.15. The van der Waals surface area contributed by atoms with Crippen LogP contribution in [0.5, 0.6) is 0 Å². The number of amides is 2. The zero-order valence-corrected chi connectivity index (χ0v) is 14.5. The molecule has 0 bridgehead atoms. The number of hydrogen-bond acceptors (Lipinski definition) is 5. The Morgan fingerprint density at radius 2 is 2.00 bits per heavy atom. The maximum Gasteiger partial charge on any atom is 0.277 e. The van der Waals surface area contributed by atoms with E-state index in [1.165, 1.54) is 38.2 Å². The smallest absolute Gasteiger partial charge is 0.277 e. The summed E-state index contributed by atoms with van der Waals surface area (Å²) in [5.74, 6) is -0.828. The number of anilines is 1. The fraction of sp³-hybridized carbons (Fsp3) is 0.421. The zero-order chi connectivity index (χ0) is 18.1. The van der Waals surface area contributed by atoms with E-state index in [9.17, 15) is 9.59 Å². The van der Waals surface area contributed by atoms with Crippen molar-refractivity contribution in [2.75, 3.05) is 18.5 Å². The molecule has 2 aromatic rings. The number of hydrogen-bond donors (Lipinski definition) is 2. The van der Waals surface area contributed by atoms with Gasteiger partial charge >= 0.3 is 0 Å². The molecule has 2 N–H and O–H groups in total. The van der Waals surface area contributed by atoms with Gasteiger partial charge in [0.15, 0.2) is 0 Å². The summed E-state index contributed by atoms with van der Waals surface area (Å²) in [5, 5.41) is 12.0. The minimum atomic E-state index is -0.420. The summed E-state index contributed by atoms with van der Waals surface area (Å²) < 4.78 is 2.25. The molecule has 0 saturated heterocycles. The van der Waals surface area contributed by atoms with Crippen LogP contribution in [-0.2, 0) is 9.59 Å². The molecule has 0 unspecified atom stereocenters. The highest BCUT2D eigenvalue weighted by molar-refractivity contribution is 6.17. The Morgan fingerprint density at radius 3 is 2.77 bits per heavy atom. The Balaban J connectivity index is 1.54. The number of rotatable bonds is 5. The van der Waals surface area contributed by atoms with Crippen LogP contribution in [0.3, 0.4) is 0 Å². The molecule has 1 aromatic carbocycles. The van der Waals surface area contributed by atoms with Gasteiger partial charge in [-0.05, 0) is 31.0 Å². The van der Waals surface area contributed by atoms with Gasteiger partial charge < -0.3 is 15.0 Å². The van der Waals surface area contributed by atoms with Gasteiger partial charge in [-0.15, -0.1) is 0 Å². The third kappa shape index (κ3) is 2.99. The van der Waals surface area contributed by atoms with Gasteiger partial charge in [0.2, 0.25) is 0 Å². The highest BCUT2D eigenvalue weighted by Gasteiger charge is 2.30. The summed E-state index contributed by atoms with van der Waals surface area (Å²) in [5.41, 5.74) is 2.89. The Kier molecular flexibility index (Phi) is 4.46. The SMILES string of the molecule is O=C1C=C(Nc2ccc3c(c2)ncn3C2CCCCC2)C(=O)N1CCO. The van der Waals surface area contributed by atoms with Gasteiger partial charge in [-0.2, -0.15) is 0 Å². The van der Waals surface area contributed by atoms with Crippen LogP contribution in [0.1, 0.15) is 38.1 Å². The standard InChI is InChI=1S/C19H22N4O3/c24-9-8-22-18(25)11-16(19(22)26)21-13-6-7-17-15(10-13)20-12-23(17)14-4-2-1-3-5-14/h6-7,10-12,14,21,24H,1-5,8-9H2. The molecule has 0 atom stereocenters. The van der Waals surface area contributed by atoms with Gasteiger partial charge in [0.25, 0.3) is 11.8 Å². The number of nitrogens with zero attached hydrogens (tertiary/aromatic N) is 3. The molecule has 7 nitrogen and oxygen atoms in total. The summed E-state index contributed by atoms with van der Waals surface area (Å²) in [6, 6.07) is 6.31. The lowest BCUT2D eigenvalue weighted by molar-refractivity contribution is -0.137. The van der Waals surface area contributed by atoms with Crippen LogP contribution in [-0.4, -0.2) is 44.5 Å². The molecule has 0 radical (unpaired) electrons. The Bertz CT molecular complexity index is 880. The van der Waals surface area contributed by atoms with E-state index in [2.05, 4.69) is 14.9 Å². The number of imide groups is 1. The monoisotopic (exact) mass is 354 g/mol. The van der Waals surface area contributed by atoms with Gasteiger partial charge in [-0.1, -0.05) is 19.3 Å². The van der Waals surface area contributed by atoms with E-state index in [1.807, 2.05) is 24.5 Å². The van der Waals surface area contributed by atoms with Crippen LogP contribution in [0.25, 0.3) is 11.0 Å². The molecule has 2 amide bonds. The molecule has 2 aliphatic rings. The fourth-order valence-corrected chi connectivity index (χ4v) is 3.83. The number of aliphatic hydroxyl groups is 1. The number of fused-ring (bicyclic) bond motifs is 1. The van der Waals surface area contributed by atoms with Crippen molar-refractivity contribution in [1.29, 1.82) is 0 Å². The Morgan fingerprint density at radius 1 is 1.19 bits per heavy atom. The van der Waals surface area contributed by atoms with Crippen molar-refractivity contribution in [3.8, 4) is 0 Å². The quantitative estimate of drug-likeness (QED) is 0.804. The number of benzene rings is 1. The highest BCUT2D eigenvalue weighted by Crippen LogP contribution is 2.31. The maximum atomic E-state index is 12.2. The molecule has 26 heavy (non-hydrogen) atoms. The number of aliphatic hydroxyl groups excluding tert-OH is 1. The van der Waals surface area contributed by atoms with Crippen molar-refractivity contribution in [3.63, 3.8) is 0 Å². The van der Waals surface area contributed by atoms with Crippen molar-refractivity contribution >= 4 is 28.5 Å². The molecule has 1 aliphatic heterocycles. The molecule has 4 rings (SSSR count). The summed E-state index contributed by atoms with van der Waals surface area (Å²) in [7, 11) is 0. The predicted octanol–water partition coefficient (Wildman–Crippen LogP) is 2.20. The fourth-order valence-electron chi connectivity index (χ4n) is 3.83. The number of carbonyl (C=O) groups is 2. The highest BCUT2D eigenvalue weighted by atomic mass is 16.3. The van der Waals surface area contributed by atoms with Crippen LogP contribution in [0, 0.1) is 0 Å². The van der Waals surface area contributed by atoms with Crippen LogP contribution >= 0.6 is 0 Å². The van der Waals surface area contributed by atoms with Crippen molar-refractivity contribution < 1.29 is 14.7 Å². The van der Waals surface area contributed by atoms with E-state index in [4.69, 9.17) is 5.11 Å². The van der Waals surface area contributed by atoms with Gasteiger partial charge in [0.05, 0.1) is 30.5 Å². The number of carbonyl (C=O) groups excluding carboxylic acids is 2. The lowest BCUT2D eigenvalue weighted by atomic mass is 9.95. The first kappa shape index (κ1) is 16.8. The third-order valence-electron chi connectivity index (χ3n) is 5.15. The predicted molar refractivity (Wildman–Crippen MR) is 97.4 cm³/mol. The first-order valence-corrected chi connectivity index (χ1v) is 9.09. The second-order valence-electron chi connectivity index (χ2n) is 6.85. The average molecular weight is 354 g/mol. The van der Waals surface area contributed by atoms with Crippen LogP contribution in [0.4, 0.5) is 5.69 Å².